The lowest BCUT2D eigenvalue weighted by atomic mass is 10.1. The second kappa shape index (κ2) is 13.0. The van der Waals surface area contributed by atoms with Gasteiger partial charge in [0.1, 0.15) is 6.61 Å². The van der Waals surface area contributed by atoms with Gasteiger partial charge in [0, 0.05) is 47.5 Å². The molecule has 0 spiro atoms. The van der Waals surface area contributed by atoms with E-state index in [-0.39, 0.29) is 12.4 Å². The normalized spacial score (nSPS) is 16.6. The lowest BCUT2D eigenvalue weighted by molar-refractivity contribution is -0.111. The van der Waals surface area contributed by atoms with Gasteiger partial charge in [0.15, 0.2) is 29.3 Å². The number of ketones is 1. The molecule has 2 heterocycles. The summed E-state index contributed by atoms with van der Waals surface area (Å²) in [4.78, 5) is 17.5. The van der Waals surface area contributed by atoms with Crippen LogP contribution in [0.1, 0.15) is 29.8 Å². The van der Waals surface area contributed by atoms with E-state index in [0.717, 1.165) is 46.8 Å². The molecule has 4 aromatic rings. The number of Topliss-reactive ketones (excluding diaryl/α,β-unsaturated/α-hetero) is 1. The second-order valence-corrected chi connectivity index (χ2v) is 11.2. The maximum Gasteiger partial charge on any atom is 0.198 e. The molecule has 0 aliphatic carbocycles. The first-order valence-corrected chi connectivity index (χ1v) is 15.0. The van der Waals surface area contributed by atoms with Gasteiger partial charge in [0.2, 0.25) is 0 Å². The van der Waals surface area contributed by atoms with Crippen LogP contribution in [0, 0.1) is 6.92 Å². The number of morpholine rings is 1. The van der Waals surface area contributed by atoms with E-state index in [4.69, 9.17) is 30.9 Å². The summed E-state index contributed by atoms with van der Waals surface area (Å²) >= 11 is 6.48. The summed E-state index contributed by atoms with van der Waals surface area (Å²) in [6.45, 7) is 6.90. The molecule has 44 heavy (non-hydrogen) atoms. The van der Waals surface area contributed by atoms with Crippen LogP contribution in [0.4, 0.5) is 17.1 Å². The second-order valence-electron chi connectivity index (χ2n) is 10.8. The molecule has 2 aliphatic rings. The van der Waals surface area contributed by atoms with Gasteiger partial charge in [0.05, 0.1) is 26.0 Å². The van der Waals surface area contributed by atoms with Crippen LogP contribution >= 0.6 is 11.6 Å². The summed E-state index contributed by atoms with van der Waals surface area (Å²) in [6, 6.07) is 29.7. The number of ether oxygens (including phenoxy) is 3. The van der Waals surface area contributed by atoms with Gasteiger partial charge in [-0.3, -0.25) is 9.69 Å². The van der Waals surface area contributed by atoms with Crippen molar-refractivity contribution in [3.63, 3.8) is 0 Å². The molecule has 0 radical (unpaired) electrons. The van der Waals surface area contributed by atoms with Crippen LogP contribution in [0.5, 0.6) is 11.5 Å². The van der Waals surface area contributed by atoms with Crippen molar-refractivity contribution in [2.75, 3.05) is 48.2 Å². The first-order valence-electron chi connectivity index (χ1n) is 14.6. The Balaban J connectivity index is 1.46. The third-order valence-corrected chi connectivity index (χ3v) is 8.23. The third-order valence-electron chi connectivity index (χ3n) is 7.86. The molecule has 4 aromatic carbocycles. The fourth-order valence-corrected chi connectivity index (χ4v) is 5.75. The topological polar surface area (TPSA) is 66.8 Å². The van der Waals surface area contributed by atoms with Crippen molar-refractivity contribution >= 4 is 40.3 Å². The molecule has 1 fully saturated rings. The quantitative estimate of drug-likeness (QED) is 0.202. The van der Waals surface area contributed by atoms with Crippen LogP contribution in [0.25, 0.3) is 0 Å². The highest BCUT2D eigenvalue weighted by atomic mass is 35.5. The number of hydrazone groups is 1. The van der Waals surface area contributed by atoms with Gasteiger partial charge >= 0.3 is 0 Å². The number of carbonyl (C=O) groups is 1. The minimum Gasteiger partial charge on any atom is -0.493 e. The van der Waals surface area contributed by atoms with Crippen molar-refractivity contribution in [3.8, 4) is 11.5 Å². The number of amidine groups is 1. The molecule has 6 rings (SSSR count). The van der Waals surface area contributed by atoms with E-state index in [0.29, 0.717) is 35.6 Å². The number of benzene rings is 4. The Morgan fingerprint density at radius 3 is 2.27 bits per heavy atom. The Morgan fingerprint density at radius 2 is 1.59 bits per heavy atom. The number of hydrogen-bond acceptors (Lipinski definition) is 8. The average molecular weight is 611 g/mol. The van der Waals surface area contributed by atoms with E-state index in [9.17, 15) is 4.79 Å². The van der Waals surface area contributed by atoms with Crippen LogP contribution in [0.3, 0.4) is 0 Å². The maximum absolute atomic E-state index is 13.2. The summed E-state index contributed by atoms with van der Waals surface area (Å²) in [5, 5.41) is 7.43. The molecule has 1 saturated heterocycles. The first-order chi connectivity index (χ1) is 21.4. The van der Waals surface area contributed by atoms with Crippen LogP contribution < -0.4 is 24.3 Å². The summed E-state index contributed by atoms with van der Waals surface area (Å²) in [6.07, 6.45) is -0.554. The molecule has 8 nitrogen and oxygen atoms in total. The predicted octanol–water partition coefficient (Wildman–Crippen LogP) is 7.00. The molecular formula is C35H35ClN4O4. The highest BCUT2D eigenvalue weighted by Crippen LogP contribution is 2.45. The molecule has 0 saturated carbocycles. The van der Waals surface area contributed by atoms with Crippen LogP contribution in [0.15, 0.2) is 96.1 Å². The van der Waals surface area contributed by atoms with Crippen molar-refractivity contribution in [1.82, 2.24) is 0 Å². The predicted molar refractivity (Wildman–Crippen MR) is 175 cm³/mol. The Kier molecular flexibility index (Phi) is 8.72. The van der Waals surface area contributed by atoms with Crippen molar-refractivity contribution in [3.05, 3.63) is 113 Å². The summed E-state index contributed by atoms with van der Waals surface area (Å²) < 4.78 is 17.8. The highest BCUT2D eigenvalue weighted by molar-refractivity contribution is 6.44. The third kappa shape index (κ3) is 5.96. The number of methoxy groups -OCH3 is 1. The number of nitrogens with zero attached hydrogens (tertiary/aromatic N) is 4. The van der Waals surface area contributed by atoms with Crippen LogP contribution in [0.2, 0.25) is 5.02 Å². The molecule has 226 valence electrons. The molecule has 2 aliphatic heterocycles. The number of rotatable bonds is 9. The molecule has 0 aromatic heterocycles. The van der Waals surface area contributed by atoms with Gasteiger partial charge in [-0.2, -0.15) is 0 Å². The number of carbonyl (C=O) groups excluding carboxylic acids is 1. The molecule has 0 amide bonds. The van der Waals surface area contributed by atoms with Crippen molar-refractivity contribution in [1.29, 1.82) is 0 Å². The zero-order chi connectivity index (χ0) is 30.6. The number of hydrogen-bond donors (Lipinski definition) is 0. The van der Waals surface area contributed by atoms with E-state index >= 15 is 0 Å². The van der Waals surface area contributed by atoms with Crippen molar-refractivity contribution < 1.29 is 19.0 Å². The standard InChI is InChI=1S/C35H35ClN4O4/c1-24-11-13-29(14-12-24)40-35(30-8-6-10-32(42-3)33(30)44-23-26-7-4-5-9-31(26)36)39(34(37-40)25(2)41)28-17-15-27(16-18-28)38-19-21-43-22-20-38/h4-18,35H,19-23H2,1-3H3. The summed E-state index contributed by atoms with van der Waals surface area (Å²) in [5.74, 6) is 1.29. The van der Waals surface area contributed by atoms with Crippen molar-refractivity contribution in [2.24, 2.45) is 5.10 Å². The lowest BCUT2D eigenvalue weighted by Crippen LogP contribution is -2.38. The Morgan fingerprint density at radius 1 is 0.909 bits per heavy atom. The summed E-state index contributed by atoms with van der Waals surface area (Å²) in [5.41, 5.74) is 5.54. The fraction of sp³-hybridized carbons (Fsp3) is 0.257. The lowest BCUT2D eigenvalue weighted by Gasteiger charge is -2.34. The van der Waals surface area contributed by atoms with E-state index in [1.807, 2.05) is 95.7 Å². The molecule has 0 bridgehead atoms. The van der Waals surface area contributed by atoms with Crippen LogP contribution in [-0.4, -0.2) is 45.0 Å². The first kappa shape index (κ1) is 29.5. The minimum atomic E-state index is -0.554. The zero-order valence-electron chi connectivity index (χ0n) is 25.1. The van der Waals surface area contributed by atoms with E-state index in [1.54, 1.807) is 14.0 Å². The number of aryl methyl sites for hydroxylation is 1. The van der Waals surface area contributed by atoms with Gasteiger partial charge in [-0.05, 0) is 55.5 Å². The maximum atomic E-state index is 13.2. The molecule has 9 heteroatoms. The van der Waals surface area contributed by atoms with E-state index in [1.165, 1.54) is 0 Å². The molecular weight excluding hydrogens is 576 g/mol. The highest BCUT2D eigenvalue weighted by Gasteiger charge is 2.41. The number of para-hydroxylation sites is 1. The van der Waals surface area contributed by atoms with Crippen LogP contribution in [-0.2, 0) is 16.1 Å². The van der Waals surface area contributed by atoms with Gasteiger partial charge in [-0.25, -0.2) is 5.01 Å². The van der Waals surface area contributed by atoms with Gasteiger partial charge in [0.25, 0.3) is 0 Å². The average Bonchev–Trinajstić information content (AvgIpc) is 3.46. The SMILES string of the molecule is COc1cccc(C2N(c3ccc(C)cc3)N=C(C(C)=O)N2c2ccc(N3CCOCC3)cc2)c1OCc1ccccc1Cl. The van der Waals surface area contributed by atoms with Crippen molar-refractivity contribution in [2.45, 2.75) is 26.6 Å². The smallest absolute Gasteiger partial charge is 0.198 e. The summed E-state index contributed by atoms with van der Waals surface area (Å²) in [7, 11) is 1.62. The monoisotopic (exact) mass is 610 g/mol. The van der Waals surface area contributed by atoms with E-state index < -0.39 is 6.17 Å². The number of halogens is 1. The Labute approximate surface area is 263 Å². The van der Waals surface area contributed by atoms with Gasteiger partial charge < -0.3 is 19.1 Å². The fourth-order valence-electron chi connectivity index (χ4n) is 5.56. The van der Waals surface area contributed by atoms with Gasteiger partial charge in [-0.1, -0.05) is 59.6 Å². The Bertz CT molecular complexity index is 1650. The van der Waals surface area contributed by atoms with Gasteiger partial charge in [-0.15, -0.1) is 5.10 Å². The zero-order valence-corrected chi connectivity index (χ0v) is 25.8. The Hall–Kier alpha value is -4.53. The number of anilines is 3. The minimum absolute atomic E-state index is 0.150. The van der Waals surface area contributed by atoms with E-state index in [2.05, 4.69) is 17.0 Å². The largest absolute Gasteiger partial charge is 0.493 e. The molecule has 0 N–H and O–H groups in total. The molecule has 1 unspecified atom stereocenters. The molecule has 1 atom stereocenters.